The molecular weight excluding hydrogens is 278 g/mol. The lowest BCUT2D eigenvalue weighted by molar-refractivity contribution is 0.478. The molecule has 0 spiro atoms. The quantitative estimate of drug-likeness (QED) is 0.694. The van der Waals surface area contributed by atoms with Crippen molar-refractivity contribution in [3.63, 3.8) is 0 Å². The highest BCUT2D eigenvalue weighted by atomic mass is 32.2. The Hall–Kier alpha value is -0.760. The van der Waals surface area contributed by atoms with E-state index in [1.165, 1.54) is 11.3 Å². The number of aromatic nitrogens is 1. The van der Waals surface area contributed by atoms with E-state index in [0.717, 1.165) is 14.2 Å². The monoisotopic (exact) mass is 289 g/mol. The van der Waals surface area contributed by atoms with E-state index in [4.69, 9.17) is 16.8 Å². The summed E-state index contributed by atoms with van der Waals surface area (Å²) in [6.45, 7) is 0.503. The first-order valence-electron chi connectivity index (χ1n) is 5.01. The second kappa shape index (κ2) is 4.85. The fraction of sp³-hybridized carbons (Fsp3) is 0.300. The van der Waals surface area contributed by atoms with Gasteiger partial charge in [-0.05, 0) is 30.8 Å². The van der Waals surface area contributed by atoms with Crippen LogP contribution in [0.3, 0.4) is 0 Å². The Morgan fingerprint density at radius 3 is 2.76 bits per heavy atom. The topological polar surface area (TPSA) is 59.3 Å². The van der Waals surface area contributed by atoms with Crippen molar-refractivity contribution < 1.29 is 13.0 Å². The number of fused-ring (bicyclic) bond motifs is 1. The molecule has 0 radical (unpaired) electrons. The van der Waals surface area contributed by atoms with E-state index in [0.29, 0.717) is 13.0 Å². The Kier molecular flexibility index (Phi) is 3.62. The standard InChI is InChI=1S/C10H11NO3S3/c12-17(13,14)7-3-6-11-8-4-1-2-5-9(8)16-10(11)15/h1-2,4-5H,3,6-7H2,(H,12,13,14). The lowest BCUT2D eigenvalue weighted by atomic mass is 10.3. The van der Waals surface area contributed by atoms with Gasteiger partial charge < -0.3 is 4.57 Å². The summed E-state index contributed by atoms with van der Waals surface area (Å²) < 4.78 is 33.6. The van der Waals surface area contributed by atoms with Gasteiger partial charge in [0, 0.05) is 6.54 Å². The van der Waals surface area contributed by atoms with Crippen LogP contribution in [-0.2, 0) is 16.7 Å². The van der Waals surface area contributed by atoms with Crippen molar-refractivity contribution in [1.82, 2.24) is 4.57 Å². The molecule has 0 amide bonds. The Morgan fingerprint density at radius 2 is 2.06 bits per heavy atom. The van der Waals surface area contributed by atoms with Gasteiger partial charge in [-0.2, -0.15) is 8.42 Å². The van der Waals surface area contributed by atoms with Crippen molar-refractivity contribution in [3.05, 3.63) is 28.2 Å². The van der Waals surface area contributed by atoms with Gasteiger partial charge in [0.2, 0.25) is 0 Å². The van der Waals surface area contributed by atoms with Gasteiger partial charge in [-0.1, -0.05) is 12.1 Å². The highest BCUT2D eigenvalue weighted by Gasteiger charge is 2.07. The van der Waals surface area contributed by atoms with Gasteiger partial charge in [-0.25, -0.2) is 0 Å². The molecule has 0 unspecified atom stereocenters. The molecule has 2 rings (SSSR count). The number of rotatable bonds is 4. The molecular formula is C10H11NO3S3. The third-order valence-corrected chi connectivity index (χ3v) is 4.59. The molecule has 0 bridgehead atoms. The SMILES string of the molecule is O=S(=O)(O)CCCn1c(=S)sc2ccccc21. The van der Waals surface area contributed by atoms with Crippen LogP contribution in [0.1, 0.15) is 6.42 Å². The number of thiazole rings is 1. The molecule has 1 N–H and O–H groups in total. The summed E-state index contributed by atoms with van der Waals surface area (Å²) in [4.78, 5) is 0. The molecule has 0 atom stereocenters. The summed E-state index contributed by atoms with van der Waals surface area (Å²) in [7, 11) is -3.89. The van der Waals surface area contributed by atoms with Crippen LogP contribution >= 0.6 is 23.6 Å². The fourth-order valence-electron chi connectivity index (χ4n) is 1.63. The zero-order chi connectivity index (χ0) is 12.5. The summed E-state index contributed by atoms with van der Waals surface area (Å²) >= 11 is 6.73. The molecule has 2 aromatic rings. The van der Waals surface area contributed by atoms with Crippen molar-refractivity contribution in [3.8, 4) is 0 Å². The van der Waals surface area contributed by atoms with Crippen LogP contribution in [0, 0.1) is 3.95 Å². The molecule has 1 aromatic carbocycles. The Morgan fingerprint density at radius 1 is 1.35 bits per heavy atom. The third kappa shape index (κ3) is 3.12. The second-order valence-electron chi connectivity index (χ2n) is 3.63. The maximum atomic E-state index is 10.6. The molecule has 0 saturated carbocycles. The highest BCUT2D eigenvalue weighted by molar-refractivity contribution is 7.85. The van der Waals surface area contributed by atoms with Crippen LogP contribution in [0.2, 0.25) is 0 Å². The van der Waals surface area contributed by atoms with Gasteiger partial charge in [-0.15, -0.1) is 11.3 Å². The first kappa shape index (κ1) is 12.7. The molecule has 0 fully saturated rings. The van der Waals surface area contributed by atoms with Crippen molar-refractivity contribution in [2.45, 2.75) is 13.0 Å². The van der Waals surface area contributed by atoms with E-state index in [9.17, 15) is 8.42 Å². The molecule has 1 aromatic heterocycles. The Labute approximate surface area is 108 Å². The number of aryl methyl sites for hydroxylation is 1. The third-order valence-electron chi connectivity index (χ3n) is 2.36. The summed E-state index contributed by atoms with van der Waals surface area (Å²) in [5.74, 6) is -0.237. The number of hydrogen-bond acceptors (Lipinski definition) is 4. The largest absolute Gasteiger partial charge is 0.323 e. The Balaban J connectivity index is 2.24. The van der Waals surface area contributed by atoms with Crippen LogP contribution in [-0.4, -0.2) is 23.3 Å². The molecule has 4 nitrogen and oxygen atoms in total. The summed E-state index contributed by atoms with van der Waals surface area (Å²) in [6, 6.07) is 7.80. The van der Waals surface area contributed by atoms with Crippen LogP contribution < -0.4 is 0 Å². The lowest BCUT2D eigenvalue weighted by Crippen LogP contribution is -2.07. The predicted molar refractivity (Wildman–Crippen MR) is 71.7 cm³/mol. The van der Waals surface area contributed by atoms with Gasteiger partial charge in [0.05, 0.1) is 16.0 Å². The van der Waals surface area contributed by atoms with Gasteiger partial charge in [0.1, 0.15) is 0 Å². The van der Waals surface area contributed by atoms with Crippen LogP contribution in [0.25, 0.3) is 10.2 Å². The van der Waals surface area contributed by atoms with Crippen LogP contribution in [0.4, 0.5) is 0 Å². The summed E-state index contributed by atoms with van der Waals surface area (Å²) in [6.07, 6.45) is 0.355. The van der Waals surface area contributed by atoms with Gasteiger partial charge >= 0.3 is 0 Å². The number of hydrogen-bond donors (Lipinski definition) is 1. The number of nitrogens with zero attached hydrogens (tertiary/aromatic N) is 1. The average Bonchev–Trinajstić information content (AvgIpc) is 2.54. The van der Waals surface area contributed by atoms with E-state index in [2.05, 4.69) is 0 Å². The van der Waals surface area contributed by atoms with E-state index in [1.807, 2.05) is 28.8 Å². The number of benzene rings is 1. The second-order valence-corrected chi connectivity index (χ2v) is 6.87. The van der Waals surface area contributed by atoms with E-state index in [1.54, 1.807) is 0 Å². The van der Waals surface area contributed by atoms with Gasteiger partial charge in [-0.3, -0.25) is 4.55 Å². The smallest absolute Gasteiger partial charge is 0.264 e. The van der Waals surface area contributed by atoms with Crippen molar-refractivity contribution >= 4 is 43.9 Å². The maximum Gasteiger partial charge on any atom is 0.264 e. The van der Waals surface area contributed by atoms with E-state index < -0.39 is 10.1 Å². The molecule has 92 valence electrons. The molecule has 0 saturated heterocycles. The normalized spacial score (nSPS) is 12.1. The number of para-hydroxylation sites is 1. The molecule has 17 heavy (non-hydrogen) atoms. The highest BCUT2D eigenvalue weighted by Crippen LogP contribution is 2.22. The first-order valence-corrected chi connectivity index (χ1v) is 7.84. The van der Waals surface area contributed by atoms with Crippen molar-refractivity contribution in [2.24, 2.45) is 0 Å². The minimum absolute atomic E-state index is 0.237. The minimum atomic E-state index is -3.89. The maximum absolute atomic E-state index is 10.6. The van der Waals surface area contributed by atoms with E-state index in [-0.39, 0.29) is 5.75 Å². The zero-order valence-corrected chi connectivity index (χ0v) is 11.3. The minimum Gasteiger partial charge on any atom is -0.323 e. The van der Waals surface area contributed by atoms with Crippen LogP contribution in [0.5, 0.6) is 0 Å². The van der Waals surface area contributed by atoms with Crippen molar-refractivity contribution in [2.75, 3.05) is 5.75 Å². The molecule has 1 heterocycles. The van der Waals surface area contributed by atoms with Gasteiger partial charge in [0.15, 0.2) is 3.95 Å². The Bertz CT molecular complexity index is 684. The van der Waals surface area contributed by atoms with Gasteiger partial charge in [0.25, 0.3) is 10.1 Å². The van der Waals surface area contributed by atoms with Crippen molar-refractivity contribution in [1.29, 1.82) is 0 Å². The van der Waals surface area contributed by atoms with Crippen LogP contribution in [0.15, 0.2) is 24.3 Å². The first-order chi connectivity index (χ1) is 7.97. The molecule has 0 aliphatic heterocycles. The summed E-state index contributed by atoms with van der Waals surface area (Å²) in [5, 5.41) is 0. The zero-order valence-electron chi connectivity index (χ0n) is 8.87. The molecule has 0 aliphatic carbocycles. The lowest BCUT2D eigenvalue weighted by Gasteiger charge is -2.03. The molecule has 7 heteroatoms. The molecule has 0 aliphatic rings. The average molecular weight is 289 g/mol. The summed E-state index contributed by atoms with van der Waals surface area (Å²) in [5.41, 5.74) is 1.01. The van der Waals surface area contributed by atoms with E-state index >= 15 is 0 Å². The fourth-order valence-corrected chi connectivity index (χ4v) is 3.50. The predicted octanol–water partition coefficient (Wildman–Crippen LogP) is 2.71.